The minimum Gasteiger partial charge on any atom is -0.399 e. The van der Waals surface area contributed by atoms with Crippen LogP contribution in [-0.4, -0.2) is 4.98 Å². The Labute approximate surface area is 127 Å². The molecular formula is C16H13ClN2S. The van der Waals surface area contributed by atoms with Crippen LogP contribution in [0, 0.1) is 0 Å². The fourth-order valence-corrected chi connectivity index (χ4v) is 3.14. The molecule has 0 radical (unpaired) electrons. The van der Waals surface area contributed by atoms with E-state index in [2.05, 4.69) is 23.2 Å². The van der Waals surface area contributed by atoms with Gasteiger partial charge < -0.3 is 5.73 Å². The smallest absolute Gasteiger partial charge is 0.0705 e. The van der Waals surface area contributed by atoms with Crippen LogP contribution in [0.15, 0.2) is 59.5 Å². The third-order valence-electron chi connectivity index (χ3n) is 2.99. The normalized spacial score (nSPS) is 10.8. The van der Waals surface area contributed by atoms with E-state index in [4.69, 9.17) is 17.3 Å². The molecule has 1 aromatic heterocycles. The first-order valence-corrected chi connectivity index (χ1v) is 7.61. The lowest BCUT2D eigenvalue weighted by Crippen LogP contribution is -1.89. The van der Waals surface area contributed by atoms with Gasteiger partial charge in [0, 0.05) is 21.7 Å². The molecule has 100 valence electrons. The zero-order valence-corrected chi connectivity index (χ0v) is 12.3. The first-order chi connectivity index (χ1) is 9.72. The molecule has 0 saturated carbocycles. The van der Waals surface area contributed by atoms with Crippen LogP contribution >= 0.6 is 23.4 Å². The Bertz CT molecular complexity index is 758. The number of anilines is 1. The molecule has 0 spiro atoms. The van der Waals surface area contributed by atoms with Crippen molar-refractivity contribution in [3.05, 3.63) is 65.3 Å². The van der Waals surface area contributed by atoms with Crippen molar-refractivity contribution in [3.63, 3.8) is 0 Å². The number of nitrogens with zero attached hydrogens (tertiary/aromatic N) is 1. The molecule has 2 N–H and O–H groups in total. The second-order valence-corrected chi connectivity index (χ2v) is 5.90. The summed E-state index contributed by atoms with van der Waals surface area (Å²) < 4.78 is 0. The van der Waals surface area contributed by atoms with Crippen LogP contribution in [-0.2, 0) is 5.75 Å². The van der Waals surface area contributed by atoms with E-state index < -0.39 is 0 Å². The Morgan fingerprint density at radius 3 is 2.80 bits per heavy atom. The number of halogens is 1. The highest BCUT2D eigenvalue weighted by Gasteiger charge is 2.04. The molecule has 3 rings (SSSR count). The second-order valence-electron chi connectivity index (χ2n) is 4.47. The molecule has 0 aliphatic carbocycles. The Morgan fingerprint density at radius 1 is 1.05 bits per heavy atom. The zero-order valence-electron chi connectivity index (χ0n) is 10.7. The summed E-state index contributed by atoms with van der Waals surface area (Å²) >= 11 is 7.81. The molecule has 2 aromatic carbocycles. The van der Waals surface area contributed by atoms with Crippen LogP contribution < -0.4 is 5.73 Å². The molecular weight excluding hydrogens is 288 g/mol. The van der Waals surface area contributed by atoms with Crippen molar-refractivity contribution in [2.24, 2.45) is 0 Å². The molecule has 1 heterocycles. The van der Waals surface area contributed by atoms with Crippen molar-refractivity contribution in [2.75, 3.05) is 5.73 Å². The largest absolute Gasteiger partial charge is 0.399 e. The topological polar surface area (TPSA) is 38.9 Å². The minimum atomic E-state index is 0.725. The third-order valence-corrected chi connectivity index (χ3v) is 4.52. The van der Waals surface area contributed by atoms with Gasteiger partial charge in [-0.3, -0.25) is 4.98 Å². The van der Waals surface area contributed by atoms with Crippen molar-refractivity contribution >= 4 is 40.0 Å². The van der Waals surface area contributed by atoms with Crippen LogP contribution in [0.3, 0.4) is 0 Å². The number of hydrogen-bond donors (Lipinski definition) is 1. The van der Waals surface area contributed by atoms with Gasteiger partial charge >= 0.3 is 0 Å². The quantitative estimate of drug-likeness (QED) is 0.560. The number of fused-ring (bicyclic) bond motifs is 1. The van der Waals surface area contributed by atoms with Crippen molar-refractivity contribution in [3.8, 4) is 0 Å². The van der Waals surface area contributed by atoms with Gasteiger partial charge in [0.25, 0.3) is 0 Å². The molecule has 0 aliphatic heterocycles. The van der Waals surface area contributed by atoms with E-state index >= 15 is 0 Å². The maximum atomic E-state index is 6.16. The SMILES string of the molecule is Nc1ccc(Cl)c(SCc2ccc3ccccc3n2)c1. The molecule has 0 saturated heterocycles. The summed E-state index contributed by atoms with van der Waals surface area (Å²) in [6.45, 7) is 0. The maximum absolute atomic E-state index is 6.16. The van der Waals surface area contributed by atoms with Gasteiger partial charge in [-0.1, -0.05) is 35.9 Å². The lowest BCUT2D eigenvalue weighted by atomic mass is 10.2. The summed E-state index contributed by atoms with van der Waals surface area (Å²) in [6.07, 6.45) is 0. The molecule has 0 aliphatic rings. The average Bonchev–Trinajstić information content (AvgIpc) is 2.48. The molecule has 0 fully saturated rings. The molecule has 0 amide bonds. The predicted octanol–water partition coefficient (Wildman–Crippen LogP) is 4.76. The Kier molecular flexibility index (Phi) is 3.81. The number of pyridine rings is 1. The van der Waals surface area contributed by atoms with E-state index in [0.29, 0.717) is 0 Å². The lowest BCUT2D eigenvalue weighted by molar-refractivity contribution is 1.22. The maximum Gasteiger partial charge on any atom is 0.0705 e. The average molecular weight is 301 g/mol. The number of benzene rings is 2. The summed E-state index contributed by atoms with van der Waals surface area (Å²) in [5.41, 5.74) is 8.56. The lowest BCUT2D eigenvalue weighted by Gasteiger charge is -2.06. The van der Waals surface area contributed by atoms with Gasteiger partial charge in [-0.25, -0.2) is 0 Å². The molecule has 4 heteroatoms. The van der Waals surface area contributed by atoms with Crippen LogP contribution in [0.2, 0.25) is 5.02 Å². The van der Waals surface area contributed by atoms with Gasteiger partial charge in [0.05, 0.1) is 16.2 Å². The van der Waals surface area contributed by atoms with Crippen LogP contribution in [0.25, 0.3) is 10.9 Å². The summed E-state index contributed by atoms with van der Waals surface area (Å²) in [4.78, 5) is 5.63. The van der Waals surface area contributed by atoms with E-state index in [-0.39, 0.29) is 0 Å². The predicted molar refractivity (Wildman–Crippen MR) is 87.2 cm³/mol. The van der Waals surface area contributed by atoms with E-state index in [0.717, 1.165) is 38.0 Å². The van der Waals surface area contributed by atoms with Gasteiger partial charge in [-0.2, -0.15) is 0 Å². The molecule has 0 bridgehead atoms. The molecule has 0 unspecified atom stereocenters. The van der Waals surface area contributed by atoms with Crippen molar-refractivity contribution < 1.29 is 0 Å². The van der Waals surface area contributed by atoms with E-state index in [1.165, 1.54) is 0 Å². The number of aromatic nitrogens is 1. The van der Waals surface area contributed by atoms with Crippen molar-refractivity contribution in [2.45, 2.75) is 10.6 Å². The highest BCUT2D eigenvalue weighted by Crippen LogP contribution is 2.31. The molecule has 20 heavy (non-hydrogen) atoms. The highest BCUT2D eigenvalue weighted by atomic mass is 35.5. The molecule has 2 nitrogen and oxygen atoms in total. The van der Waals surface area contributed by atoms with Gasteiger partial charge in [0.2, 0.25) is 0 Å². The first kappa shape index (κ1) is 13.3. The second kappa shape index (κ2) is 5.73. The highest BCUT2D eigenvalue weighted by molar-refractivity contribution is 7.98. The first-order valence-electron chi connectivity index (χ1n) is 6.25. The Balaban J connectivity index is 1.81. The van der Waals surface area contributed by atoms with E-state index in [1.54, 1.807) is 17.8 Å². The molecule has 0 atom stereocenters. The van der Waals surface area contributed by atoms with Gasteiger partial charge in [0.1, 0.15) is 0 Å². The summed E-state index contributed by atoms with van der Waals surface area (Å²) in [6, 6.07) is 17.8. The van der Waals surface area contributed by atoms with Gasteiger partial charge in [0.15, 0.2) is 0 Å². The Hall–Kier alpha value is -1.71. The van der Waals surface area contributed by atoms with Crippen molar-refractivity contribution in [1.82, 2.24) is 4.98 Å². The Morgan fingerprint density at radius 2 is 1.90 bits per heavy atom. The zero-order chi connectivity index (χ0) is 13.9. The fraction of sp³-hybridized carbons (Fsp3) is 0.0625. The van der Waals surface area contributed by atoms with Crippen LogP contribution in [0.1, 0.15) is 5.69 Å². The molecule has 3 aromatic rings. The van der Waals surface area contributed by atoms with Crippen LogP contribution in [0.4, 0.5) is 5.69 Å². The summed E-state index contributed by atoms with van der Waals surface area (Å²) in [5, 5.41) is 1.88. The fourth-order valence-electron chi connectivity index (χ4n) is 1.97. The summed E-state index contributed by atoms with van der Waals surface area (Å²) in [5.74, 6) is 0.772. The van der Waals surface area contributed by atoms with Gasteiger partial charge in [-0.05, 0) is 30.3 Å². The van der Waals surface area contributed by atoms with Crippen molar-refractivity contribution in [1.29, 1.82) is 0 Å². The minimum absolute atomic E-state index is 0.725. The van der Waals surface area contributed by atoms with E-state index in [1.807, 2.05) is 30.3 Å². The van der Waals surface area contributed by atoms with Crippen LogP contribution in [0.5, 0.6) is 0 Å². The third kappa shape index (κ3) is 2.89. The number of nitrogen functional groups attached to an aromatic ring is 1. The number of nitrogens with two attached hydrogens (primary N) is 1. The number of hydrogen-bond acceptors (Lipinski definition) is 3. The number of para-hydroxylation sites is 1. The number of thioether (sulfide) groups is 1. The standard InChI is InChI=1S/C16H13ClN2S/c17-14-8-6-12(18)9-16(14)20-10-13-7-5-11-3-1-2-4-15(11)19-13/h1-9H,10,18H2. The number of rotatable bonds is 3. The van der Waals surface area contributed by atoms with Gasteiger partial charge in [-0.15, -0.1) is 11.8 Å². The summed E-state index contributed by atoms with van der Waals surface area (Å²) in [7, 11) is 0. The van der Waals surface area contributed by atoms with E-state index in [9.17, 15) is 0 Å². The monoisotopic (exact) mass is 300 g/mol.